The zero-order valence-corrected chi connectivity index (χ0v) is 9.12. The Labute approximate surface area is 97.3 Å². The van der Waals surface area contributed by atoms with E-state index in [1.807, 2.05) is 0 Å². The number of para-hydroxylation sites is 1. The van der Waals surface area contributed by atoms with Crippen LogP contribution in [0.15, 0.2) is 30.3 Å². The maximum Gasteiger partial charge on any atom is 0.365 e. The summed E-state index contributed by atoms with van der Waals surface area (Å²) in [6.45, 7) is 0.913. The lowest BCUT2D eigenvalue weighted by atomic mass is 10.3. The summed E-state index contributed by atoms with van der Waals surface area (Å²) in [5, 5.41) is 0.748. The molecule has 1 heterocycles. The second kappa shape index (κ2) is 4.25. The van der Waals surface area contributed by atoms with E-state index in [0.29, 0.717) is 5.69 Å². The molecule has 0 aliphatic carbocycles. The topological polar surface area (TPSA) is 66.9 Å². The monoisotopic (exact) mass is 234 g/mol. The molecule has 1 aliphatic heterocycles. The Bertz CT molecular complexity index is 472. The first-order valence-corrected chi connectivity index (χ1v) is 4.97. The molecule has 1 aliphatic rings. The van der Waals surface area contributed by atoms with Gasteiger partial charge in [-0.15, -0.1) is 5.06 Å². The Morgan fingerprint density at radius 2 is 1.88 bits per heavy atom. The molecule has 17 heavy (non-hydrogen) atoms. The van der Waals surface area contributed by atoms with E-state index in [9.17, 15) is 14.4 Å². The third kappa shape index (κ3) is 2.10. The molecule has 2 rings (SSSR count). The van der Waals surface area contributed by atoms with Crippen LogP contribution in [0.2, 0.25) is 0 Å². The van der Waals surface area contributed by atoms with Crippen LogP contribution < -0.4 is 4.90 Å². The summed E-state index contributed by atoms with van der Waals surface area (Å²) in [7, 11) is 0. The van der Waals surface area contributed by atoms with Gasteiger partial charge in [-0.05, 0) is 12.1 Å². The van der Waals surface area contributed by atoms with E-state index in [1.54, 1.807) is 30.3 Å². The number of carbonyl (C=O) groups is 3. The molecular weight excluding hydrogens is 224 g/mol. The Hall–Kier alpha value is -2.37. The van der Waals surface area contributed by atoms with Crippen molar-refractivity contribution >= 4 is 23.6 Å². The molecule has 1 saturated heterocycles. The first-order valence-electron chi connectivity index (χ1n) is 4.97. The minimum atomic E-state index is -0.656. The molecule has 0 saturated carbocycles. The molecule has 6 heteroatoms. The van der Waals surface area contributed by atoms with Gasteiger partial charge in [-0.25, -0.2) is 9.69 Å². The van der Waals surface area contributed by atoms with Crippen LogP contribution in [0.4, 0.5) is 10.5 Å². The van der Waals surface area contributed by atoms with Crippen molar-refractivity contribution < 1.29 is 19.2 Å². The predicted octanol–water partition coefficient (Wildman–Crippen LogP) is 0.933. The second-order valence-corrected chi connectivity index (χ2v) is 3.47. The van der Waals surface area contributed by atoms with Crippen molar-refractivity contribution in [3.63, 3.8) is 0 Å². The summed E-state index contributed by atoms with van der Waals surface area (Å²) in [5.74, 6) is -1.07. The van der Waals surface area contributed by atoms with E-state index in [4.69, 9.17) is 0 Å². The Morgan fingerprint density at radius 1 is 1.24 bits per heavy atom. The van der Waals surface area contributed by atoms with Crippen molar-refractivity contribution in [2.24, 2.45) is 0 Å². The van der Waals surface area contributed by atoms with E-state index in [-0.39, 0.29) is 6.54 Å². The Morgan fingerprint density at radius 3 is 2.47 bits per heavy atom. The molecule has 1 aromatic rings. The number of imide groups is 1. The molecule has 0 bridgehead atoms. The number of hydrogen-bond acceptors (Lipinski definition) is 4. The molecule has 88 valence electrons. The number of carbonyl (C=O) groups excluding carboxylic acids is 3. The molecule has 1 aromatic carbocycles. The Balaban J connectivity index is 2.23. The minimum Gasteiger partial charge on any atom is -0.336 e. The van der Waals surface area contributed by atoms with Crippen LogP contribution in [0, 0.1) is 0 Å². The quantitative estimate of drug-likeness (QED) is 0.714. The van der Waals surface area contributed by atoms with Gasteiger partial charge < -0.3 is 4.84 Å². The summed E-state index contributed by atoms with van der Waals surface area (Å²) in [6.07, 6.45) is 0. The number of anilines is 1. The predicted molar refractivity (Wildman–Crippen MR) is 57.8 cm³/mol. The summed E-state index contributed by atoms with van der Waals surface area (Å²) in [6, 6.07) is 7.81. The standard InChI is InChI=1S/C11H10N2O4/c1-8(14)17-12-7-10(15)13(11(12)16)9-5-3-2-4-6-9/h2-6H,7H2,1H3. The van der Waals surface area contributed by atoms with Crippen LogP contribution >= 0.6 is 0 Å². The third-order valence-electron chi connectivity index (χ3n) is 2.19. The van der Waals surface area contributed by atoms with Gasteiger partial charge in [0.25, 0.3) is 5.91 Å². The fraction of sp³-hybridized carbons (Fsp3) is 0.182. The summed E-state index contributed by atoms with van der Waals surface area (Å²) >= 11 is 0. The lowest BCUT2D eigenvalue weighted by molar-refractivity contribution is -0.171. The van der Waals surface area contributed by atoms with Crippen molar-refractivity contribution in [3.05, 3.63) is 30.3 Å². The van der Waals surface area contributed by atoms with Crippen molar-refractivity contribution in [2.75, 3.05) is 11.4 Å². The number of amides is 3. The van der Waals surface area contributed by atoms with Crippen LogP contribution in [0.3, 0.4) is 0 Å². The van der Waals surface area contributed by atoms with Gasteiger partial charge in [0.2, 0.25) is 0 Å². The van der Waals surface area contributed by atoms with Gasteiger partial charge in [-0.3, -0.25) is 9.59 Å². The highest BCUT2D eigenvalue weighted by atomic mass is 16.7. The normalized spacial score (nSPS) is 15.4. The largest absolute Gasteiger partial charge is 0.365 e. The van der Waals surface area contributed by atoms with Gasteiger partial charge >= 0.3 is 12.0 Å². The first kappa shape index (κ1) is 11.1. The SMILES string of the molecule is CC(=O)ON1CC(=O)N(c2ccccc2)C1=O. The van der Waals surface area contributed by atoms with Gasteiger partial charge in [0, 0.05) is 6.92 Å². The van der Waals surface area contributed by atoms with E-state index < -0.39 is 17.9 Å². The molecule has 0 atom stereocenters. The highest BCUT2D eigenvalue weighted by Crippen LogP contribution is 2.20. The maximum absolute atomic E-state index is 11.8. The number of rotatable bonds is 2. The molecular formula is C11H10N2O4. The van der Waals surface area contributed by atoms with Gasteiger partial charge in [0.1, 0.15) is 6.54 Å². The molecule has 0 aromatic heterocycles. The van der Waals surface area contributed by atoms with Crippen LogP contribution in [0.1, 0.15) is 6.92 Å². The number of nitrogens with zero attached hydrogens (tertiary/aromatic N) is 2. The van der Waals surface area contributed by atoms with E-state index >= 15 is 0 Å². The number of hydroxylamine groups is 2. The van der Waals surface area contributed by atoms with Gasteiger partial charge in [0.05, 0.1) is 5.69 Å². The molecule has 0 N–H and O–H groups in total. The van der Waals surface area contributed by atoms with Crippen molar-refractivity contribution in [1.82, 2.24) is 5.06 Å². The van der Waals surface area contributed by atoms with Crippen molar-refractivity contribution in [3.8, 4) is 0 Å². The van der Waals surface area contributed by atoms with Crippen LogP contribution in [0.25, 0.3) is 0 Å². The molecule has 1 fully saturated rings. The van der Waals surface area contributed by atoms with Crippen LogP contribution in [0.5, 0.6) is 0 Å². The number of hydrogen-bond donors (Lipinski definition) is 0. The molecule has 0 spiro atoms. The van der Waals surface area contributed by atoms with Gasteiger partial charge in [-0.1, -0.05) is 18.2 Å². The summed E-state index contributed by atoms with van der Waals surface area (Å²) in [4.78, 5) is 39.8. The van der Waals surface area contributed by atoms with Crippen LogP contribution in [-0.2, 0) is 14.4 Å². The lowest BCUT2D eigenvalue weighted by Crippen LogP contribution is -2.33. The molecule has 6 nitrogen and oxygen atoms in total. The lowest BCUT2D eigenvalue weighted by Gasteiger charge is -2.15. The minimum absolute atomic E-state index is 0.257. The summed E-state index contributed by atoms with van der Waals surface area (Å²) < 4.78 is 0. The fourth-order valence-corrected chi connectivity index (χ4v) is 1.54. The molecule has 0 radical (unpaired) electrons. The number of benzene rings is 1. The fourth-order valence-electron chi connectivity index (χ4n) is 1.54. The van der Waals surface area contributed by atoms with Gasteiger partial charge in [-0.2, -0.15) is 0 Å². The van der Waals surface area contributed by atoms with Crippen molar-refractivity contribution in [1.29, 1.82) is 0 Å². The second-order valence-electron chi connectivity index (χ2n) is 3.47. The average molecular weight is 234 g/mol. The van der Waals surface area contributed by atoms with Crippen LogP contribution in [-0.4, -0.2) is 29.5 Å². The van der Waals surface area contributed by atoms with E-state index in [1.165, 1.54) is 6.92 Å². The zero-order valence-electron chi connectivity index (χ0n) is 9.12. The van der Waals surface area contributed by atoms with E-state index in [0.717, 1.165) is 9.96 Å². The highest BCUT2D eigenvalue weighted by Gasteiger charge is 2.39. The number of urea groups is 1. The Kier molecular flexibility index (Phi) is 2.78. The molecule has 3 amide bonds. The highest BCUT2D eigenvalue weighted by molar-refractivity contribution is 6.19. The van der Waals surface area contributed by atoms with Crippen molar-refractivity contribution in [2.45, 2.75) is 6.92 Å². The average Bonchev–Trinajstić information content (AvgIpc) is 2.54. The maximum atomic E-state index is 11.8. The third-order valence-corrected chi connectivity index (χ3v) is 2.19. The molecule has 0 unspecified atom stereocenters. The van der Waals surface area contributed by atoms with Gasteiger partial charge in [0.15, 0.2) is 0 Å². The first-order chi connectivity index (χ1) is 8.09. The van der Waals surface area contributed by atoms with E-state index in [2.05, 4.69) is 4.84 Å². The summed E-state index contributed by atoms with van der Waals surface area (Å²) in [5.41, 5.74) is 0.456. The smallest absolute Gasteiger partial charge is 0.336 e. The zero-order chi connectivity index (χ0) is 12.4.